The number of hydrogen-bond donors (Lipinski definition) is 3. The molecule has 104 valence electrons. The maximum atomic E-state index is 5.32. The molecule has 2 rings (SSSR count). The largest absolute Gasteiger partial charge is 0.359 e. The number of hydrogen-bond acceptors (Lipinski definition) is 2. The van der Waals surface area contributed by atoms with Crippen molar-refractivity contribution >= 4 is 23.0 Å². The van der Waals surface area contributed by atoms with Crippen molar-refractivity contribution in [3.63, 3.8) is 0 Å². The predicted octanol–water partition coefficient (Wildman–Crippen LogP) is 3.43. The van der Waals surface area contributed by atoms with Crippen LogP contribution in [-0.2, 0) is 0 Å². The minimum absolute atomic E-state index is 0.537. The Balaban J connectivity index is 1.79. The molecule has 1 aliphatic carbocycles. The highest BCUT2D eigenvalue weighted by Crippen LogP contribution is 2.17. The van der Waals surface area contributed by atoms with Crippen LogP contribution in [0.2, 0.25) is 0 Å². The van der Waals surface area contributed by atoms with Crippen molar-refractivity contribution in [3.05, 3.63) is 29.3 Å². The smallest absolute Gasteiger partial charge is 0.185 e. The number of anilines is 1. The molecule has 0 unspecified atom stereocenters. The third-order valence-corrected chi connectivity index (χ3v) is 3.85. The summed E-state index contributed by atoms with van der Waals surface area (Å²) in [5.41, 5.74) is 9.81. The van der Waals surface area contributed by atoms with Gasteiger partial charge in [-0.05, 0) is 50.5 Å². The van der Waals surface area contributed by atoms with Crippen LogP contribution in [-0.4, -0.2) is 11.2 Å². The van der Waals surface area contributed by atoms with Crippen molar-refractivity contribution in [3.8, 4) is 0 Å². The van der Waals surface area contributed by atoms with Gasteiger partial charge in [0, 0.05) is 6.04 Å². The predicted molar refractivity (Wildman–Crippen MR) is 85.3 cm³/mol. The summed E-state index contributed by atoms with van der Waals surface area (Å²) in [5, 5.41) is 4.06. The van der Waals surface area contributed by atoms with E-state index in [2.05, 4.69) is 48.2 Å². The highest BCUT2D eigenvalue weighted by atomic mass is 32.1. The molecular formula is C15H23N3S. The molecule has 19 heavy (non-hydrogen) atoms. The van der Waals surface area contributed by atoms with E-state index in [1.807, 2.05) is 0 Å². The average Bonchev–Trinajstić information content (AvgIpc) is 2.39. The molecule has 0 heterocycles. The molecule has 3 nitrogen and oxygen atoms in total. The molecule has 0 radical (unpaired) electrons. The van der Waals surface area contributed by atoms with Crippen molar-refractivity contribution < 1.29 is 0 Å². The lowest BCUT2D eigenvalue weighted by Crippen LogP contribution is -2.44. The molecule has 3 N–H and O–H groups in total. The zero-order chi connectivity index (χ0) is 13.7. The Morgan fingerprint density at radius 1 is 1.16 bits per heavy atom. The number of thiocarbonyl (C=S) groups is 1. The van der Waals surface area contributed by atoms with Crippen molar-refractivity contribution in [1.29, 1.82) is 0 Å². The molecule has 0 atom stereocenters. The zero-order valence-corrected chi connectivity index (χ0v) is 12.6. The summed E-state index contributed by atoms with van der Waals surface area (Å²) in [7, 11) is 0. The summed E-state index contributed by atoms with van der Waals surface area (Å²) in [6.07, 6.45) is 6.44. The maximum Gasteiger partial charge on any atom is 0.185 e. The highest BCUT2D eigenvalue weighted by molar-refractivity contribution is 7.80. The van der Waals surface area contributed by atoms with Crippen LogP contribution in [0.15, 0.2) is 18.2 Å². The summed E-state index contributed by atoms with van der Waals surface area (Å²) < 4.78 is 0. The molecule has 0 aliphatic heterocycles. The van der Waals surface area contributed by atoms with Crippen LogP contribution in [0.3, 0.4) is 0 Å². The van der Waals surface area contributed by atoms with Gasteiger partial charge in [0.1, 0.15) is 0 Å². The normalized spacial score (nSPS) is 15.9. The van der Waals surface area contributed by atoms with Gasteiger partial charge in [-0.15, -0.1) is 0 Å². The molecule has 4 heteroatoms. The Kier molecular flexibility index (Phi) is 5.02. The second kappa shape index (κ2) is 6.75. The Morgan fingerprint density at radius 2 is 1.89 bits per heavy atom. The lowest BCUT2D eigenvalue weighted by atomic mass is 9.96. The third kappa shape index (κ3) is 4.39. The quantitative estimate of drug-likeness (QED) is 0.584. The topological polar surface area (TPSA) is 36.1 Å². The molecule has 1 aliphatic rings. The van der Waals surface area contributed by atoms with E-state index in [0.717, 1.165) is 5.69 Å². The van der Waals surface area contributed by atoms with E-state index in [0.29, 0.717) is 11.2 Å². The number of nitrogens with one attached hydrogen (secondary N) is 3. The van der Waals surface area contributed by atoms with Gasteiger partial charge in [-0.1, -0.05) is 37.0 Å². The van der Waals surface area contributed by atoms with E-state index in [1.54, 1.807) is 0 Å². The minimum Gasteiger partial charge on any atom is -0.359 e. The fraction of sp³-hybridized carbons (Fsp3) is 0.533. The Bertz CT molecular complexity index is 439. The SMILES string of the molecule is Cc1ccc(NNC(=S)NC2CCCCC2)c(C)c1. The van der Waals surface area contributed by atoms with Crippen LogP contribution in [0, 0.1) is 13.8 Å². The van der Waals surface area contributed by atoms with Crippen molar-refractivity contribution in [2.75, 3.05) is 5.43 Å². The summed E-state index contributed by atoms with van der Waals surface area (Å²) in [4.78, 5) is 0. The first-order valence-corrected chi connectivity index (χ1v) is 7.46. The molecule has 0 bridgehead atoms. The van der Waals surface area contributed by atoms with Gasteiger partial charge in [-0.25, -0.2) is 0 Å². The van der Waals surface area contributed by atoms with E-state index in [9.17, 15) is 0 Å². The minimum atomic E-state index is 0.537. The highest BCUT2D eigenvalue weighted by Gasteiger charge is 2.13. The summed E-state index contributed by atoms with van der Waals surface area (Å²) >= 11 is 5.32. The van der Waals surface area contributed by atoms with Gasteiger partial charge in [0.15, 0.2) is 5.11 Å². The average molecular weight is 277 g/mol. The second-order valence-corrected chi connectivity index (χ2v) is 5.79. The molecule has 1 aromatic carbocycles. The molecule has 0 amide bonds. The molecule has 0 spiro atoms. The Morgan fingerprint density at radius 3 is 2.58 bits per heavy atom. The van der Waals surface area contributed by atoms with Gasteiger partial charge in [-0.2, -0.15) is 0 Å². The first-order valence-electron chi connectivity index (χ1n) is 7.05. The number of aryl methyl sites for hydroxylation is 2. The molecule has 0 aromatic heterocycles. The third-order valence-electron chi connectivity index (χ3n) is 3.63. The molecular weight excluding hydrogens is 254 g/mol. The first kappa shape index (κ1) is 14.1. The first-order chi connectivity index (χ1) is 9.15. The Hall–Kier alpha value is -1.29. The molecule has 1 fully saturated rings. The molecule has 0 saturated heterocycles. The van der Waals surface area contributed by atoms with Crippen molar-refractivity contribution in [2.45, 2.75) is 52.0 Å². The number of hydrazine groups is 1. The van der Waals surface area contributed by atoms with Crippen LogP contribution in [0.1, 0.15) is 43.2 Å². The summed E-state index contributed by atoms with van der Waals surface area (Å²) in [6, 6.07) is 6.85. The number of benzene rings is 1. The van der Waals surface area contributed by atoms with Crippen molar-refractivity contribution in [1.82, 2.24) is 10.7 Å². The monoisotopic (exact) mass is 277 g/mol. The molecule has 1 saturated carbocycles. The van der Waals surface area contributed by atoms with E-state index >= 15 is 0 Å². The lowest BCUT2D eigenvalue weighted by molar-refractivity contribution is 0.412. The van der Waals surface area contributed by atoms with Crippen molar-refractivity contribution in [2.24, 2.45) is 0 Å². The summed E-state index contributed by atoms with van der Waals surface area (Å²) in [6.45, 7) is 4.19. The summed E-state index contributed by atoms with van der Waals surface area (Å²) in [5.74, 6) is 0. The van der Waals surface area contributed by atoms with Crippen LogP contribution in [0.5, 0.6) is 0 Å². The van der Waals surface area contributed by atoms with Gasteiger partial charge in [0.2, 0.25) is 0 Å². The second-order valence-electron chi connectivity index (χ2n) is 5.38. The van der Waals surface area contributed by atoms with E-state index in [-0.39, 0.29) is 0 Å². The molecule has 1 aromatic rings. The number of rotatable bonds is 3. The van der Waals surface area contributed by atoms with Crippen LogP contribution < -0.4 is 16.2 Å². The van der Waals surface area contributed by atoms with Crippen LogP contribution in [0.25, 0.3) is 0 Å². The van der Waals surface area contributed by atoms with Crippen LogP contribution in [0.4, 0.5) is 5.69 Å². The van der Waals surface area contributed by atoms with Crippen LogP contribution >= 0.6 is 12.2 Å². The van der Waals surface area contributed by atoms with Gasteiger partial charge >= 0.3 is 0 Å². The lowest BCUT2D eigenvalue weighted by Gasteiger charge is -2.24. The van der Waals surface area contributed by atoms with E-state index in [1.165, 1.54) is 43.2 Å². The Labute approximate surface area is 121 Å². The van der Waals surface area contributed by atoms with Gasteiger partial charge in [0.25, 0.3) is 0 Å². The zero-order valence-electron chi connectivity index (χ0n) is 11.8. The van der Waals surface area contributed by atoms with Gasteiger partial charge < -0.3 is 5.32 Å². The maximum absolute atomic E-state index is 5.32. The fourth-order valence-electron chi connectivity index (χ4n) is 2.55. The van der Waals surface area contributed by atoms with Gasteiger partial charge in [-0.3, -0.25) is 10.9 Å². The standard InChI is InChI=1S/C15H23N3S/c1-11-8-9-14(12(2)10-11)17-18-15(19)16-13-6-4-3-5-7-13/h8-10,13,17H,3-7H2,1-2H3,(H2,16,18,19). The fourth-order valence-corrected chi connectivity index (χ4v) is 2.76. The van der Waals surface area contributed by atoms with E-state index in [4.69, 9.17) is 12.2 Å². The van der Waals surface area contributed by atoms with Gasteiger partial charge in [0.05, 0.1) is 5.69 Å². The van der Waals surface area contributed by atoms with E-state index < -0.39 is 0 Å².